The lowest BCUT2D eigenvalue weighted by Gasteiger charge is -2.32. The Balaban J connectivity index is 1.95. The number of piperidine rings is 1. The Hall–Kier alpha value is -3.00. The van der Waals surface area contributed by atoms with Gasteiger partial charge in [-0.2, -0.15) is 5.10 Å². The molecule has 3 rings (SSSR count). The van der Waals surface area contributed by atoms with Crippen molar-refractivity contribution in [2.24, 2.45) is 10.8 Å². The number of nitrogens with zero attached hydrogens (tertiary/aromatic N) is 7. The summed E-state index contributed by atoms with van der Waals surface area (Å²) in [5.41, 5.74) is 17.5. The van der Waals surface area contributed by atoms with Gasteiger partial charge in [0.15, 0.2) is 5.65 Å². The largest absolute Gasteiger partial charge is 0.381 e. The minimum Gasteiger partial charge on any atom is -0.381 e. The van der Waals surface area contributed by atoms with Gasteiger partial charge in [-0.1, -0.05) is 5.11 Å². The van der Waals surface area contributed by atoms with Gasteiger partial charge in [-0.05, 0) is 32.2 Å². The summed E-state index contributed by atoms with van der Waals surface area (Å²) in [7, 11) is 0. The molecule has 0 radical (unpaired) electrons. The van der Waals surface area contributed by atoms with Crippen LogP contribution < -0.4 is 11.1 Å². The van der Waals surface area contributed by atoms with Gasteiger partial charge in [0.1, 0.15) is 0 Å². The molecule has 1 aliphatic heterocycles. The van der Waals surface area contributed by atoms with Crippen LogP contribution >= 0.6 is 0 Å². The molecule has 26 heavy (non-hydrogen) atoms. The Morgan fingerprint density at radius 3 is 2.85 bits per heavy atom. The molecule has 0 aromatic carbocycles. The Morgan fingerprint density at radius 1 is 1.50 bits per heavy atom. The van der Waals surface area contributed by atoms with Crippen molar-refractivity contribution in [2.45, 2.75) is 45.8 Å². The molecule has 0 spiro atoms. The number of nitrogens with two attached hydrogens (primary N) is 1. The molecule has 10 nitrogen and oxygen atoms in total. The molecular weight excluding hydrogens is 334 g/mol. The average Bonchev–Trinajstić information content (AvgIpc) is 3.04. The zero-order valence-electron chi connectivity index (χ0n) is 15.0. The first-order chi connectivity index (χ1) is 12.5. The van der Waals surface area contributed by atoms with Crippen molar-refractivity contribution in [3.05, 3.63) is 27.9 Å². The first-order valence-corrected chi connectivity index (χ1v) is 8.71. The summed E-state index contributed by atoms with van der Waals surface area (Å²) in [5.74, 6) is 0. The van der Waals surface area contributed by atoms with Crippen molar-refractivity contribution in [1.29, 1.82) is 0 Å². The molecule has 138 valence electrons. The number of hydrogen-bond acceptors (Lipinski definition) is 5. The molecule has 0 atom stereocenters. The van der Waals surface area contributed by atoms with Crippen molar-refractivity contribution in [3.8, 4) is 0 Å². The second kappa shape index (κ2) is 7.49. The number of fused-ring (bicyclic) bond motifs is 1. The molecule has 0 saturated carbocycles. The maximum Gasteiger partial charge on any atom is 0.314 e. The van der Waals surface area contributed by atoms with Crippen LogP contribution in [0.3, 0.4) is 0 Å². The van der Waals surface area contributed by atoms with E-state index in [2.05, 4.69) is 25.4 Å². The summed E-state index contributed by atoms with van der Waals surface area (Å²) in [5, 5.41) is 12.6. The summed E-state index contributed by atoms with van der Waals surface area (Å²) in [4.78, 5) is 20.5. The number of rotatable bonds is 5. The van der Waals surface area contributed by atoms with Gasteiger partial charge in [0.25, 0.3) is 0 Å². The highest BCUT2D eigenvalue weighted by Gasteiger charge is 2.24. The van der Waals surface area contributed by atoms with E-state index >= 15 is 0 Å². The first-order valence-electron chi connectivity index (χ1n) is 8.71. The maximum absolute atomic E-state index is 11.3. The molecule has 10 heteroatoms. The molecule has 1 fully saturated rings. The van der Waals surface area contributed by atoms with Crippen LogP contribution in [0.5, 0.6) is 0 Å². The van der Waals surface area contributed by atoms with Crippen LogP contribution in [-0.4, -0.2) is 44.8 Å². The van der Waals surface area contributed by atoms with E-state index in [0.717, 1.165) is 47.4 Å². The minimum absolute atomic E-state index is 0.199. The van der Waals surface area contributed by atoms with E-state index in [-0.39, 0.29) is 18.6 Å². The minimum atomic E-state index is -0.376. The summed E-state index contributed by atoms with van der Waals surface area (Å²) in [6.45, 7) is 6.13. The summed E-state index contributed by atoms with van der Waals surface area (Å²) in [6.07, 6.45) is 3.40. The summed E-state index contributed by atoms with van der Waals surface area (Å²) >= 11 is 0. The second-order valence-electron chi connectivity index (χ2n) is 6.38. The fraction of sp³-hybridized carbons (Fsp3) is 0.562. The van der Waals surface area contributed by atoms with Crippen molar-refractivity contribution < 1.29 is 4.79 Å². The number of nitrogens with one attached hydrogen (secondary N) is 1. The van der Waals surface area contributed by atoms with Crippen LogP contribution in [0.1, 0.15) is 31.0 Å². The Labute approximate surface area is 151 Å². The van der Waals surface area contributed by atoms with E-state index in [4.69, 9.17) is 11.3 Å². The van der Waals surface area contributed by atoms with E-state index in [1.165, 1.54) is 0 Å². The number of pyridine rings is 1. The van der Waals surface area contributed by atoms with Gasteiger partial charge in [-0.3, -0.25) is 0 Å². The monoisotopic (exact) mass is 357 g/mol. The molecule has 0 aliphatic carbocycles. The topological polar surface area (TPSA) is 138 Å². The molecule has 0 bridgehead atoms. The van der Waals surface area contributed by atoms with Crippen LogP contribution in [0, 0.1) is 6.92 Å². The van der Waals surface area contributed by atoms with E-state index in [9.17, 15) is 4.79 Å². The normalized spacial score (nSPS) is 15.1. The number of aryl methyl sites for hydroxylation is 2. The van der Waals surface area contributed by atoms with Crippen molar-refractivity contribution >= 4 is 22.8 Å². The molecule has 2 aromatic rings. The standard InChI is InChI=1S/C16H23N9O/c1-3-25-15-13(9-20-25)14(12(8-19-23-18)10(2)21-15)22-11-4-6-24(7-5-11)16(17)26/h9,11H,3-8H2,1-2H3,(H2,17,26)(H,21,22). The van der Waals surface area contributed by atoms with Gasteiger partial charge in [0.05, 0.1) is 23.8 Å². The predicted molar refractivity (Wildman–Crippen MR) is 98.6 cm³/mol. The number of carbonyl (C=O) groups excluding carboxylic acids is 1. The van der Waals surface area contributed by atoms with Gasteiger partial charge >= 0.3 is 6.03 Å². The highest BCUT2D eigenvalue weighted by atomic mass is 16.2. The lowest BCUT2D eigenvalue weighted by molar-refractivity contribution is 0.193. The fourth-order valence-electron chi connectivity index (χ4n) is 3.38. The van der Waals surface area contributed by atoms with Crippen LogP contribution in [0.25, 0.3) is 21.5 Å². The van der Waals surface area contributed by atoms with Gasteiger partial charge in [-0.15, -0.1) is 0 Å². The molecule has 2 amide bonds. The Bertz CT molecular complexity index is 860. The smallest absolute Gasteiger partial charge is 0.314 e. The number of hydrogen-bond donors (Lipinski definition) is 2. The third kappa shape index (κ3) is 3.36. The molecular formula is C16H23N9O. The highest BCUT2D eigenvalue weighted by molar-refractivity contribution is 5.91. The van der Waals surface area contributed by atoms with Crippen LogP contribution in [0.2, 0.25) is 0 Å². The second-order valence-corrected chi connectivity index (χ2v) is 6.38. The molecule has 3 heterocycles. The quantitative estimate of drug-likeness (QED) is 0.482. The number of primary amides is 1. The molecule has 0 unspecified atom stereocenters. The summed E-state index contributed by atoms with van der Waals surface area (Å²) < 4.78 is 1.85. The molecule has 3 N–H and O–H groups in total. The van der Waals surface area contributed by atoms with Crippen molar-refractivity contribution in [2.75, 3.05) is 18.4 Å². The van der Waals surface area contributed by atoms with E-state index in [1.54, 1.807) is 11.1 Å². The van der Waals surface area contributed by atoms with Gasteiger partial charge in [0, 0.05) is 41.8 Å². The van der Waals surface area contributed by atoms with Gasteiger partial charge in [0.2, 0.25) is 0 Å². The van der Waals surface area contributed by atoms with Gasteiger partial charge < -0.3 is 16.0 Å². The zero-order chi connectivity index (χ0) is 18.7. The van der Waals surface area contributed by atoms with E-state index < -0.39 is 0 Å². The number of aromatic nitrogens is 3. The predicted octanol–water partition coefficient (Wildman–Crippen LogP) is 2.52. The first kappa shape index (κ1) is 17.8. The number of likely N-dealkylation sites (tertiary alicyclic amines) is 1. The zero-order valence-corrected chi connectivity index (χ0v) is 15.0. The lowest BCUT2D eigenvalue weighted by Crippen LogP contribution is -2.44. The Kier molecular flexibility index (Phi) is 5.13. The van der Waals surface area contributed by atoms with Crippen LogP contribution in [0.4, 0.5) is 10.5 Å². The van der Waals surface area contributed by atoms with Crippen LogP contribution in [0.15, 0.2) is 11.3 Å². The fourth-order valence-corrected chi connectivity index (χ4v) is 3.38. The molecule has 1 aliphatic rings. The maximum atomic E-state index is 11.3. The molecule has 1 saturated heterocycles. The third-order valence-electron chi connectivity index (χ3n) is 4.84. The molecule has 2 aromatic heterocycles. The highest BCUT2D eigenvalue weighted by Crippen LogP contribution is 2.31. The van der Waals surface area contributed by atoms with Crippen molar-refractivity contribution in [1.82, 2.24) is 19.7 Å². The number of anilines is 1. The SMILES string of the molecule is CCn1ncc2c(NC3CCN(C(N)=O)CC3)c(CN=[N+]=[N-])c(C)nc21. The van der Waals surface area contributed by atoms with Crippen molar-refractivity contribution in [3.63, 3.8) is 0 Å². The van der Waals surface area contributed by atoms with E-state index in [1.807, 2.05) is 18.5 Å². The third-order valence-corrected chi connectivity index (χ3v) is 4.84. The van der Waals surface area contributed by atoms with E-state index in [0.29, 0.717) is 13.1 Å². The average molecular weight is 357 g/mol. The number of urea groups is 1. The summed E-state index contributed by atoms with van der Waals surface area (Å²) in [6, 6.07) is -0.177. The van der Waals surface area contributed by atoms with Gasteiger partial charge in [-0.25, -0.2) is 14.5 Å². The Morgan fingerprint density at radius 2 is 2.23 bits per heavy atom. The van der Waals surface area contributed by atoms with Crippen LogP contribution in [-0.2, 0) is 13.1 Å². The number of carbonyl (C=O) groups is 1. The number of azide groups is 1. The lowest BCUT2D eigenvalue weighted by atomic mass is 10.0. The number of amides is 2.